The number of carbonyl (C=O) groups excluding carboxylic acids is 1. The quantitative estimate of drug-likeness (QED) is 0.324. The van der Waals surface area contributed by atoms with Crippen molar-refractivity contribution >= 4 is 5.91 Å². The second-order valence-corrected chi connectivity index (χ2v) is 10.8. The molecule has 0 radical (unpaired) electrons. The number of rotatable bonds is 12. The lowest BCUT2D eigenvalue weighted by Crippen LogP contribution is -2.76. The Kier molecular flexibility index (Phi) is 8.68. The van der Waals surface area contributed by atoms with E-state index in [0.717, 1.165) is 50.2 Å². The molecule has 3 heterocycles. The number of pyridine rings is 1. The SMILES string of the molecule is COCOC1(Cc2cc(OCC3CCC4(CCCO4)CC3)ccn2)C(=O)N(COC)C1CC(C)C. The van der Waals surface area contributed by atoms with E-state index < -0.39 is 5.60 Å². The van der Waals surface area contributed by atoms with Gasteiger partial charge in [-0.15, -0.1) is 0 Å². The first-order valence-corrected chi connectivity index (χ1v) is 13.1. The minimum Gasteiger partial charge on any atom is -0.493 e. The van der Waals surface area contributed by atoms with Gasteiger partial charge in [0.25, 0.3) is 5.91 Å². The Labute approximate surface area is 209 Å². The molecule has 1 saturated carbocycles. The highest BCUT2D eigenvalue weighted by Gasteiger charge is 2.62. The van der Waals surface area contributed by atoms with E-state index in [0.29, 0.717) is 24.9 Å². The molecule has 4 rings (SSSR count). The highest BCUT2D eigenvalue weighted by atomic mass is 16.7. The van der Waals surface area contributed by atoms with Crippen LogP contribution in [0.3, 0.4) is 0 Å². The molecule has 1 aromatic heterocycles. The van der Waals surface area contributed by atoms with E-state index in [9.17, 15) is 4.79 Å². The Morgan fingerprint density at radius 2 is 2.00 bits per heavy atom. The number of likely N-dealkylation sites (tertiary alicyclic amines) is 1. The van der Waals surface area contributed by atoms with Crippen molar-refractivity contribution < 1.29 is 28.5 Å². The van der Waals surface area contributed by atoms with Gasteiger partial charge in [0.2, 0.25) is 0 Å². The van der Waals surface area contributed by atoms with Crippen molar-refractivity contribution in [1.82, 2.24) is 9.88 Å². The average Bonchev–Trinajstić information content (AvgIpc) is 3.31. The molecule has 35 heavy (non-hydrogen) atoms. The zero-order valence-corrected chi connectivity index (χ0v) is 21.8. The summed E-state index contributed by atoms with van der Waals surface area (Å²) in [5, 5.41) is 0. The van der Waals surface area contributed by atoms with Gasteiger partial charge in [0, 0.05) is 45.2 Å². The molecule has 2 atom stereocenters. The van der Waals surface area contributed by atoms with Gasteiger partial charge in [0.15, 0.2) is 5.60 Å². The molecule has 1 aromatic rings. The fraction of sp³-hybridized carbons (Fsp3) is 0.778. The summed E-state index contributed by atoms with van der Waals surface area (Å²) in [7, 11) is 3.17. The molecule has 3 aliphatic rings. The van der Waals surface area contributed by atoms with E-state index in [1.165, 1.54) is 12.8 Å². The number of β-lactam (4-membered cyclic amide) rings is 1. The van der Waals surface area contributed by atoms with E-state index >= 15 is 0 Å². The van der Waals surface area contributed by atoms with Crippen LogP contribution in [0.5, 0.6) is 5.75 Å². The van der Waals surface area contributed by atoms with Crippen LogP contribution in [0, 0.1) is 11.8 Å². The van der Waals surface area contributed by atoms with Crippen LogP contribution >= 0.6 is 0 Å². The maximum Gasteiger partial charge on any atom is 0.259 e. The molecule has 1 amide bonds. The highest BCUT2D eigenvalue weighted by Crippen LogP contribution is 2.42. The van der Waals surface area contributed by atoms with Crippen molar-refractivity contribution in [3.63, 3.8) is 0 Å². The molecule has 2 aliphatic heterocycles. The van der Waals surface area contributed by atoms with E-state index in [1.807, 2.05) is 12.1 Å². The zero-order valence-electron chi connectivity index (χ0n) is 21.8. The van der Waals surface area contributed by atoms with Crippen LogP contribution in [-0.4, -0.2) is 74.0 Å². The summed E-state index contributed by atoms with van der Waals surface area (Å²) in [6, 6.07) is 3.73. The first-order valence-electron chi connectivity index (χ1n) is 13.1. The Hall–Kier alpha value is -1.74. The minimum absolute atomic E-state index is 0.0459. The molecule has 2 unspecified atom stereocenters. The van der Waals surface area contributed by atoms with E-state index in [2.05, 4.69) is 18.8 Å². The van der Waals surface area contributed by atoms with Crippen LogP contribution in [0.2, 0.25) is 0 Å². The van der Waals surface area contributed by atoms with E-state index in [1.54, 1.807) is 25.3 Å². The summed E-state index contributed by atoms with van der Waals surface area (Å²) in [6.07, 6.45) is 9.90. The maximum atomic E-state index is 13.3. The molecule has 196 valence electrons. The van der Waals surface area contributed by atoms with Crippen molar-refractivity contribution in [2.45, 2.75) is 82.5 Å². The van der Waals surface area contributed by atoms with E-state index in [4.69, 9.17) is 23.7 Å². The summed E-state index contributed by atoms with van der Waals surface area (Å²) >= 11 is 0. The summed E-state index contributed by atoms with van der Waals surface area (Å²) in [6.45, 7) is 6.20. The molecular formula is C27H42N2O6. The number of methoxy groups -OCH3 is 2. The van der Waals surface area contributed by atoms with Gasteiger partial charge in [-0.1, -0.05) is 13.8 Å². The molecule has 0 bridgehead atoms. The number of amides is 1. The Morgan fingerprint density at radius 3 is 2.66 bits per heavy atom. The van der Waals surface area contributed by atoms with E-state index in [-0.39, 0.29) is 31.1 Å². The standard InChI is InChI=1S/C27H42N2O6/c1-20(2)14-24-27(35-19-32-4,25(30)29(24)18-31-3)16-22-15-23(8-12-28-22)33-17-21-6-10-26(11-7-21)9-5-13-34-26/h8,12,15,20-21,24H,5-7,9-11,13-14,16-19H2,1-4H3. The van der Waals surface area contributed by atoms with Gasteiger partial charge in [-0.05, 0) is 62.8 Å². The van der Waals surface area contributed by atoms with Crippen LogP contribution in [-0.2, 0) is 30.2 Å². The lowest BCUT2D eigenvalue weighted by atomic mass is 9.75. The maximum absolute atomic E-state index is 13.3. The van der Waals surface area contributed by atoms with Gasteiger partial charge < -0.3 is 28.6 Å². The molecule has 3 fully saturated rings. The molecule has 0 N–H and O–H groups in total. The number of ether oxygens (including phenoxy) is 5. The summed E-state index contributed by atoms with van der Waals surface area (Å²) in [5.74, 6) is 1.64. The zero-order chi connectivity index (χ0) is 24.9. The van der Waals surface area contributed by atoms with Crippen molar-refractivity contribution in [3.05, 3.63) is 24.0 Å². The largest absolute Gasteiger partial charge is 0.493 e. The van der Waals surface area contributed by atoms with Crippen LogP contribution in [0.4, 0.5) is 0 Å². The molecular weight excluding hydrogens is 448 g/mol. The molecule has 1 spiro atoms. The molecule has 1 aliphatic carbocycles. The molecule has 2 saturated heterocycles. The summed E-state index contributed by atoms with van der Waals surface area (Å²) in [4.78, 5) is 19.6. The highest BCUT2D eigenvalue weighted by molar-refractivity contribution is 5.93. The number of aromatic nitrogens is 1. The fourth-order valence-electron chi connectivity index (χ4n) is 5.98. The van der Waals surface area contributed by atoms with Gasteiger partial charge >= 0.3 is 0 Å². The smallest absolute Gasteiger partial charge is 0.259 e. The normalized spacial score (nSPS) is 30.8. The number of carbonyl (C=O) groups is 1. The van der Waals surface area contributed by atoms with Gasteiger partial charge in [-0.3, -0.25) is 9.78 Å². The third-order valence-electron chi connectivity index (χ3n) is 7.85. The summed E-state index contributed by atoms with van der Waals surface area (Å²) < 4.78 is 28.8. The third-order valence-corrected chi connectivity index (χ3v) is 7.85. The van der Waals surface area contributed by atoms with Gasteiger partial charge in [0.1, 0.15) is 19.3 Å². The molecule has 8 heteroatoms. The van der Waals surface area contributed by atoms with Crippen LogP contribution in [0.1, 0.15) is 64.5 Å². The average molecular weight is 491 g/mol. The number of nitrogens with zero attached hydrogens (tertiary/aromatic N) is 2. The van der Waals surface area contributed by atoms with Gasteiger partial charge in [0.05, 0.1) is 18.2 Å². The third kappa shape index (κ3) is 5.82. The minimum atomic E-state index is -1.01. The Bertz CT molecular complexity index is 833. The van der Waals surface area contributed by atoms with Crippen molar-refractivity contribution in [3.8, 4) is 5.75 Å². The van der Waals surface area contributed by atoms with Crippen molar-refractivity contribution in [1.29, 1.82) is 0 Å². The number of hydrogen-bond donors (Lipinski definition) is 0. The van der Waals surface area contributed by atoms with Gasteiger partial charge in [-0.2, -0.15) is 0 Å². The first kappa shape index (κ1) is 26.3. The predicted octanol–water partition coefficient (Wildman–Crippen LogP) is 3.96. The second kappa shape index (κ2) is 11.5. The Balaban J connectivity index is 1.40. The lowest BCUT2D eigenvalue weighted by molar-refractivity contribution is -0.235. The molecule has 0 aromatic carbocycles. The van der Waals surface area contributed by atoms with Crippen LogP contribution in [0.25, 0.3) is 0 Å². The van der Waals surface area contributed by atoms with Crippen molar-refractivity contribution in [2.75, 3.05) is 41.0 Å². The molecule has 8 nitrogen and oxygen atoms in total. The topological polar surface area (TPSA) is 79.3 Å². The van der Waals surface area contributed by atoms with Gasteiger partial charge in [-0.25, -0.2) is 0 Å². The van der Waals surface area contributed by atoms with Crippen LogP contribution in [0.15, 0.2) is 18.3 Å². The van der Waals surface area contributed by atoms with Crippen molar-refractivity contribution in [2.24, 2.45) is 11.8 Å². The van der Waals surface area contributed by atoms with Crippen LogP contribution < -0.4 is 4.74 Å². The predicted molar refractivity (Wildman–Crippen MR) is 131 cm³/mol. The lowest BCUT2D eigenvalue weighted by Gasteiger charge is -2.55. The Morgan fingerprint density at radius 1 is 1.20 bits per heavy atom. The first-order chi connectivity index (χ1) is 16.9. The second-order valence-electron chi connectivity index (χ2n) is 10.8. The fourth-order valence-corrected chi connectivity index (χ4v) is 5.98. The monoisotopic (exact) mass is 490 g/mol. The summed E-state index contributed by atoms with van der Waals surface area (Å²) in [5.41, 5.74) is -0.0848. The number of hydrogen-bond acceptors (Lipinski definition) is 7.